The van der Waals surface area contributed by atoms with Crippen LogP contribution in [0.2, 0.25) is 5.02 Å². The van der Waals surface area contributed by atoms with E-state index < -0.39 is 0 Å². The third-order valence-electron chi connectivity index (χ3n) is 4.72. The van der Waals surface area contributed by atoms with Crippen LogP contribution in [0.3, 0.4) is 0 Å². The number of halogens is 2. The molecule has 8 nitrogen and oxygen atoms in total. The molecule has 0 saturated carbocycles. The third-order valence-corrected chi connectivity index (χ3v) is 4.96. The highest BCUT2D eigenvalue weighted by molar-refractivity contribution is 14.0. The standard InChI is InChI=1S/C19H27ClN6O2.HI/c1-21-19(23-16-6-8-26(9-7-16)10-11-27-2)22-13-17-24-18(25-28-17)14-4-3-5-15(20)12-14;/h3-5,12,16H,6-11,13H2,1-2H3,(H2,21,22,23);1H. The second kappa shape index (κ2) is 12.3. The van der Waals surface area contributed by atoms with E-state index >= 15 is 0 Å². The van der Waals surface area contributed by atoms with Crippen LogP contribution in [0.15, 0.2) is 33.8 Å². The minimum absolute atomic E-state index is 0. The summed E-state index contributed by atoms with van der Waals surface area (Å²) in [5.74, 6) is 1.75. The van der Waals surface area contributed by atoms with E-state index in [-0.39, 0.29) is 24.0 Å². The van der Waals surface area contributed by atoms with Crippen molar-refractivity contribution in [1.29, 1.82) is 0 Å². The smallest absolute Gasteiger partial charge is 0.246 e. The summed E-state index contributed by atoms with van der Waals surface area (Å²) in [7, 11) is 3.50. The fourth-order valence-corrected chi connectivity index (χ4v) is 3.33. The van der Waals surface area contributed by atoms with Crippen LogP contribution in [-0.2, 0) is 11.3 Å². The maximum atomic E-state index is 6.02. The van der Waals surface area contributed by atoms with Crippen molar-refractivity contribution in [3.8, 4) is 11.4 Å². The van der Waals surface area contributed by atoms with Gasteiger partial charge in [-0.2, -0.15) is 4.98 Å². The van der Waals surface area contributed by atoms with Crippen molar-refractivity contribution in [3.05, 3.63) is 35.2 Å². The molecule has 1 aliphatic rings. The number of methoxy groups -OCH3 is 1. The lowest BCUT2D eigenvalue weighted by Gasteiger charge is -2.32. The Hall–Kier alpha value is -1.43. The monoisotopic (exact) mass is 534 g/mol. The van der Waals surface area contributed by atoms with E-state index in [2.05, 4.69) is 30.7 Å². The Morgan fingerprint density at radius 3 is 2.86 bits per heavy atom. The molecule has 0 atom stereocenters. The number of ether oxygens (including phenoxy) is 1. The van der Waals surface area contributed by atoms with Gasteiger partial charge in [-0.3, -0.25) is 4.99 Å². The van der Waals surface area contributed by atoms with Crippen molar-refractivity contribution in [3.63, 3.8) is 0 Å². The molecule has 3 rings (SSSR count). The highest BCUT2D eigenvalue weighted by atomic mass is 127. The summed E-state index contributed by atoms with van der Waals surface area (Å²) in [6, 6.07) is 7.77. The lowest BCUT2D eigenvalue weighted by atomic mass is 10.1. The van der Waals surface area contributed by atoms with Gasteiger partial charge in [0.15, 0.2) is 5.96 Å². The van der Waals surface area contributed by atoms with E-state index in [1.807, 2.05) is 24.3 Å². The molecule has 10 heteroatoms. The molecule has 160 valence electrons. The molecule has 1 fully saturated rings. The zero-order chi connectivity index (χ0) is 19.8. The van der Waals surface area contributed by atoms with Crippen molar-refractivity contribution in [2.45, 2.75) is 25.4 Å². The summed E-state index contributed by atoms with van der Waals surface area (Å²) >= 11 is 6.02. The lowest BCUT2D eigenvalue weighted by molar-refractivity contribution is 0.128. The summed E-state index contributed by atoms with van der Waals surface area (Å²) in [5.41, 5.74) is 0.824. The van der Waals surface area contributed by atoms with Gasteiger partial charge in [-0.25, -0.2) is 0 Å². The Bertz CT molecular complexity index is 780. The molecule has 2 heterocycles. The average Bonchev–Trinajstić information content (AvgIpc) is 3.19. The van der Waals surface area contributed by atoms with E-state index in [0.717, 1.165) is 50.6 Å². The van der Waals surface area contributed by atoms with Crippen molar-refractivity contribution in [2.24, 2.45) is 4.99 Å². The van der Waals surface area contributed by atoms with Gasteiger partial charge in [0.2, 0.25) is 11.7 Å². The Morgan fingerprint density at radius 2 is 2.17 bits per heavy atom. The van der Waals surface area contributed by atoms with Crippen LogP contribution in [0.5, 0.6) is 0 Å². The molecule has 0 spiro atoms. The van der Waals surface area contributed by atoms with Crippen molar-refractivity contribution in [2.75, 3.05) is 40.4 Å². The number of guanidine groups is 1. The predicted octanol–water partition coefficient (Wildman–Crippen LogP) is 2.78. The number of benzene rings is 1. The molecule has 2 N–H and O–H groups in total. The topological polar surface area (TPSA) is 87.8 Å². The van der Waals surface area contributed by atoms with Crippen LogP contribution < -0.4 is 10.6 Å². The normalized spacial score (nSPS) is 15.8. The molecular formula is C19H28ClIN6O2. The minimum atomic E-state index is 0. The lowest BCUT2D eigenvalue weighted by Crippen LogP contribution is -2.48. The molecular weight excluding hydrogens is 507 g/mol. The van der Waals surface area contributed by atoms with Crippen LogP contribution in [0.4, 0.5) is 0 Å². The molecule has 0 amide bonds. The zero-order valence-electron chi connectivity index (χ0n) is 16.7. The molecule has 2 aromatic rings. The van der Waals surface area contributed by atoms with Crippen LogP contribution >= 0.6 is 35.6 Å². The zero-order valence-corrected chi connectivity index (χ0v) is 19.8. The fourth-order valence-electron chi connectivity index (χ4n) is 3.14. The fraction of sp³-hybridized carbons (Fsp3) is 0.526. The molecule has 0 radical (unpaired) electrons. The van der Waals surface area contributed by atoms with E-state index in [9.17, 15) is 0 Å². The number of hydrogen-bond acceptors (Lipinski definition) is 6. The number of aromatic nitrogens is 2. The number of nitrogens with zero attached hydrogens (tertiary/aromatic N) is 4. The average molecular weight is 535 g/mol. The second-order valence-corrected chi connectivity index (χ2v) is 7.14. The van der Waals surface area contributed by atoms with E-state index in [1.165, 1.54) is 0 Å². The quantitative estimate of drug-likeness (QED) is 0.321. The van der Waals surface area contributed by atoms with Gasteiger partial charge in [0, 0.05) is 50.4 Å². The number of rotatable bonds is 7. The maximum Gasteiger partial charge on any atom is 0.246 e. The first-order valence-electron chi connectivity index (χ1n) is 9.45. The summed E-state index contributed by atoms with van der Waals surface area (Å²) in [6.45, 7) is 4.29. The van der Waals surface area contributed by atoms with Crippen molar-refractivity contribution < 1.29 is 9.26 Å². The van der Waals surface area contributed by atoms with Gasteiger partial charge in [-0.1, -0.05) is 28.9 Å². The molecule has 1 aromatic carbocycles. The van der Waals surface area contributed by atoms with Crippen LogP contribution in [0, 0.1) is 0 Å². The number of piperidine rings is 1. The summed E-state index contributed by atoms with van der Waals surface area (Å²) in [5, 5.41) is 11.4. The molecule has 0 bridgehead atoms. The first kappa shape index (κ1) is 23.8. The highest BCUT2D eigenvalue weighted by Gasteiger charge is 2.20. The number of aliphatic imine (C=N–C) groups is 1. The van der Waals surface area contributed by atoms with Gasteiger partial charge in [0.25, 0.3) is 0 Å². The summed E-state index contributed by atoms with van der Waals surface area (Å²) in [4.78, 5) is 11.1. The Morgan fingerprint density at radius 1 is 1.38 bits per heavy atom. The van der Waals surface area contributed by atoms with Gasteiger partial charge >= 0.3 is 0 Å². The van der Waals surface area contributed by atoms with E-state index in [1.54, 1.807) is 14.2 Å². The molecule has 0 aliphatic carbocycles. The first-order chi connectivity index (χ1) is 13.7. The molecule has 0 unspecified atom stereocenters. The number of hydrogen-bond donors (Lipinski definition) is 2. The highest BCUT2D eigenvalue weighted by Crippen LogP contribution is 2.19. The van der Waals surface area contributed by atoms with Crippen LogP contribution in [0.25, 0.3) is 11.4 Å². The second-order valence-electron chi connectivity index (χ2n) is 6.70. The first-order valence-corrected chi connectivity index (χ1v) is 9.82. The van der Waals surface area contributed by atoms with Gasteiger partial charge < -0.3 is 24.8 Å². The summed E-state index contributed by atoms with van der Waals surface area (Å²) in [6.07, 6.45) is 2.15. The van der Waals surface area contributed by atoms with Crippen molar-refractivity contribution in [1.82, 2.24) is 25.7 Å². The number of likely N-dealkylation sites (tertiary alicyclic amines) is 1. The van der Waals surface area contributed by atoms with Gasteiger partial charge in [-0.15, -0.1) is 24.0 Å². The minimum Gasteiger partial charge on any atom is -0.383 e. The van der Waals surface area contributed by atoms with Crippen molar-refractivity contribution >= 4 is 41.5 Å². The van der Waals surface area contributed by atoms with Crippen LogP contribution in [0.1, 0.15) is 18.7 Å². The van der Waals surface area contributed by atoms with Gasteiger partial charge in [-0.05, 0) is 25.0 Å². The molecule has 29 heavy (non-hydrogen) atoms. The van der Waals surface area contributed by atoms with Gasteiger partial charge in [0.05, 0.1) is 13.2 Å². The Balaban J connectivity index is 0.00000300. The van der Waals surface area contributed by atoms with E-state index in [4.69, 9.17) is 20.9 Å². The summed E-state index contributed by atoms with van der Waals surface area (Å²) < 4.78 is 10.5. The predicted molar refractivity (Wildman–Crippen MR) is 125 cm³/mol. The Labute approximate surface area is 193 Å². The SMILES string of the molecule is CN=C(NCc1nc(-c2cccc(Cl)c2)no1)NC1CCN(CCOC)CC1.I. The van der Waals surface area contributed by atoms with Gasteiger partial charge in [0.1, 0.15) is 0 Å². The maximum absolute atomic E-state index is 6.02. The van der Waals surface area contributed by atoms with E-state index in [0.29, 0.717) is 29.3 Å². The third kappa shape index (κ3) is 7.40. The number of nitrogens with one attached hydrogen (secondary N) is 2. The molecule has 1 saturated heterocycles. The largest absolute Gasteiger partial charge is 0.383 e. The Kier molecular flexibility index (Phi) is 10.1. The molecule has 1 aliphatic heterocycles. The molecule has 1 aromatic heterocycles. The van der Waals surface area contributed by atoms with Crippen LogP contribution in [-0.4, -0.2) is 67.4 Å².